The maximum absolute atomic E-state index is 12.5. The average Bonchev–Trinajstić information content (AvgIpc) is 3.14. The molecule has 0 radical (unpaired) electrons. The molecule has 1 aromatic heterocycles. The van der Waals surface area contributed by atoms with E-state index in [0.29, 0.717) is 5.39 Å². The Labute approximate surface area is 334 Å². The normalized spacial score (nSPS) is 12.1. The summed E-state index contributed by atoms with van der Waals surface area (Å²) in [5.74, 6) is -1.98. The Morgan fingerprint density at radius 3 is 2.09 bits per heavy atom. The monoisotopic (exact) mass is 868 g/mol. The highest BCUT2D eigenvalue weighted by Crippen LogP contribution is 2.46. The first-order valence-electron chi connectivity index (χ1n) is 16.1. The third kappa shape index (κ3) is 9.46. The van der Waals surface area contributed by atoms with E-state index >= 15 is 0 Å². The fourth-order valence-corrected chi connectivity index (χ4v) is 7.55. The van der Waals surface area contributed by atoms with Crippen molar-refractivity contribution in [2.24, 2.45) is 10.2 Å². The number of hydrogen-bond donors (Lipinski definition) is 8. The van der Waals surface area contributed by atoms with Crippen LogP contribution in [0.1, 0.15) is 0 Å². The second-order valence-electron chi connectivity index (χ2n) is 11.8. The van der Waals surface area contributed by atoms with Crippen molar-refractivity contribution in [2.45, 2.75) is 19.6 Å². The predicted molar refractivity (Wildman–Crippen MR) is 213 cm³/mol. The molecule has 6 rings (SSSR count). The van der Waals surface area contributed by atoms with Gasteiger partial charge in [-0.2, -0.15) is 40.2 Å². The van der Waals surface area contributed by atoms with Crippen LogP contribution in [0.3, 0.4) is 0 Å². The van der Waals surface area contributed by atoms with E-state index in [4.69, 9.17) is 4.74 Å². The molecule has 0 aliphatic rings. The van der Waals surface area contributed by atoms with Crippen molar-refractivity contribution in [3.63, 3.8) is 0 Å². The van der Waals surface area contributed by atoms with E-state index in [1.54, 1.807) is 24.3 Å². The van der Waals surface area contributed by atoms with Gasteiger partial charge in [0.05, 0.1) is 22.0 Å². The standard InChI is InChI=1S/C34H28N8O12S4/c1-2-27(43)54-14-13-35-32-38-33(36-20-8-10-21(11-9-20)56(45,46)47)40-34(39-32)37-25-17-22(57(48,49)50)15-19-16-26(55)29(30(44)28(19)25)42-41-24-12-7-18-5-3-4-6-23(18)31(24)58(51,52)53/h2-12,15-17,44,55H,1,13-14H2,(H,45,46,47)(H,48,49,50)(H,51,52,53)(H3,35,36,37,38,39,40). The lowest BCUT2D eigenvalue weighted by atomic mass is 10.1. The Balaban J connectivity index is 1.46. The van der Waals surface area contributed by atoms with Gasteiger partial charge in [0.15, 0.2) is 5.75 Å². The molecule has 0 saturated heterocycles. The molecule has 0 amide bonds. The summed E-state index contributed by atoms with van der Waals surface area (Å²) in [5.41, 5.74) is -0.592. The number of phenols is 1. The van der Waals surface area contributed by atoms with Crippen molar-refractivity contribution >= 4 is 111 Å². The number of anilines is 5. The first kappa shape index (κ1) is 41.4. The number of esters is 1. The molecule has 0 spiro atoms. The molecule has 6 aromatic rings. The number of ether oxygens (including phenoxy) is 1. The van der Waals surface area contributed by atoms with Gasteiger partial charge in [0.25, 0.3) is 30.4 Å². The van der Waals surface area contributed by atoms with Crippen LogP contribution in [0.15, 0.2) is 121 Å². The third-order valence-electron chi connectivity index (χ3n) is 7.90. The highest BCUT2D eigenvalue weighted by molar-refractivity contribution is 7.86. The molecule has 0 aliphatic heterocycles. The number of azo groups is 1. The first-order chi connectivity index (χ1) is 27.3. The average molecular weight is 869 g/mol. The molecular formula is C34H28N8O12S4. The van der Waals surface area contributed by atoms with Crippen LogP contribution in [0, 0.1) is 0 Å². The van der Waals surface area contributed by atoms with Gasteiger partial charge in [-0.05, 0) is 59.3 Å². The highest BCUT2D eigenvalue weighted by atomic mass is 32.2. The Hall–Kier alpha value is -6.28. The zero-order valence-corrected chi connectivity index (χ0v) is 32.5. The molecule has 24 heteroatoms. The molecule has 5 aromatic carbocycles. The van der Waals surface area contributed by atoms with Crippen LogP contribution in [-0.2, 0) is 39.9 Å². The fourth-order valence-electron chi connectivity index (χ4n) is 5.40. The van der Waals surface area contributed by atoms with E-state index in [0.717, 1.165) is 30.3 Å². The predicted octanol–water partition coefficient (Wildman–Crippen LogP) is 5.96. The summed E-state index contributed by atoms with van der Waals surface area (Å²) in [4.78, 5) is 22.6. The number of aromatic hydroxyl groups is 1. The topological polar surface area (TPSA) is 309 Å². The second kappa shape index (κ2) is 16.3. The SMILES string of the molecule is C=CC(=O)OCCNc1nc(Nc2ccc(S(=O)(=O)O)cc2)nc(Nc2cc(S(=O)(=O)O)cc3cc(S)c(N=Nc4ccc5ccccc5c4S(=O)(=O)O)c(O)c23)n1. The van der Waals surface area contributed by atoms with Crippen molar-refractivity contribution < 1.29 is 53.5 Å². The summed E-state index contributed by atoms with van der Waals surface area (Å²) < 4.78 is 107. The summed E-state index contributed by atoms with van der Waals surface area (Å²) in [6, 6.07) is 17.2. The van der Waals surface area contributed by atoms with E-state index in [1.807, 2.05) is 0 Å². The van der Waals surface area contributed by atoms with E-state index in [1.165, 1.54) is 30.3 Å². The molecule has 0 saturated carbocycles. The second-order valence-corrected chi connectivity index (χ2v) is 16.5. The van der Waals surface area contributed by atoms with Crippen molar-refractivity contribution in [1.29, 1.82) is 0 Å². The summed E-state index contributed by atoms with van der Waals surface area (Å²) in [6.45, 7) is 3.14. The smallest absolute Gasteiger partial charge is 0.330 e. The molecule has 0 aliphatic carbocycles. The molecule has 0 bridgehead atoms. The van der Waals surface area contributed by atoms with Crippen LogP contribution in [-0.4, -0.2) is 78.1 Å². The molecule has 300 valence electrons. The minimum absolute atomic E-state index is 0.00267. The van der Waals surface area contributed by atoms with Gasteiger partial charge in [0, 0.05) is 27.4 Å². The van der Waals surface area contributed by atoms with Gasteiger partial charge in [-0.15, -0.1) is 22.9 Å². The number of carbonyl (C=O) groups excluding carboxylic acids is 1. The number of nitrogens with zero attached hydrogens (tertiary/aromatic N) is 5. The number of carbonyl (C=O) groups is 1. The lowest BCUT2D eigenvalue weighted by Gasteiger charge is -2.15. The Morgan fingerprint density at radius 1 is 0.776 bits per heavy atom. The van der Waals surface area contributed by atoms with Crippen molar-refractivity contribution in [3.05, 3.63) is 91.5 Å². The van der Waals surface area contributed by atoms with E-state index in [9.17, 15) is 48.8 Å². The summed E-state index contributed by atoms with van der Waals surface area (Å²) in [5, 5.41) is 28.6. The lowest BCUT2D eigenvalue weighted by Crippen LogP contribution is -2.15. The number of benzene rings is 5. The maximum atomic E-state index is 12.5. The number of rotatable bonds is 14. The molecular weight excluding hydrogens is 841 g/mol. The van der Waals surface area contributed by atoms with Crippen LogP contribution >= 0.6 is 12.6 Å². The number of phenolic OH excluding ortho intramolecular Hbond substituents is 1. The number of fused-ring (bicyclic) bond motifs is 2. The van der Waals surface area contributed by atoms with Crippen LogP contribution in [0.25, 0.3) is 21.5 Å². The molecule has 58 heavy (non-hydrogen) atoms. The Bertz CT molecular complexity index is 3000. The van der Waals surface area contributed by atoms with Gasteiger partial charge < -0.3 is 25.8 Å². The van der Waals surface area contributed by atoms with Gasteiger partial charge in [0.1, 0.15) is 22.9 Å². The summed E-state index contributed by atoms with van der Waals surface area (Å²) >= 11 is 4.38. The summed E-state index contributed by atoms with van der Waals surface area (Å²) in [7, 11) is -14.2. The van der Waals surface area contributed by atoms with Crippen LogP contribution in [0.5, 0.6) is 5.75 Å². The van der Waals surface area contributed by atoms with Gasteiger partial charge >= 0.3 is 5.97 Å². The van der Waals surface area contributed by atoms with Crippen molar-refractivity contribution in [3.8, 4) is 5.75 Å². The quantitative estimate of drug-likeness (QED) is 0.0156. The Morgan fingerprint density at radius 2 is 1.43 bits per heavy atom. The number of thiol groups is 1. The minimum atomic E-state index is -4.88. The van der Waals surface area contributed by atoms with Crippen LogP contribution in [0.4, 0.5) is 40.6 Å². The maximum Gasteiger partial charge on any atom is 0.330 e. The van der Waals surface area contributed by atoms with Crippen molar-refractivity contribution in [1.82, 2.24) is 15.0 Å². The zero-order chi connectivity index (χ0) is 42.0. The van der Waals surface area contributed by atoms with E-state index < -0.39 is 56.8 Å². The minimum Gasteiger partial charge on any atom is -0.505 e. The highest BCUT2D eigenvalue weighted by Gasteiger charge is 2.23. The number of aromatic nitrogens is 3. The fraction of sp³-hybridized carbons (Fsp3) is 0.0588. The van der Waals surface area contributed by atoms with E-state index in [2.05, 4.69) is 60.3 Å². The van der Waals surface area contributed by atoms with Gasteiger partial charge in [-0.1, -0.05) is 36.9 Å². The summed E-state index contributed by atoms with van der Waals surface area (Å²) in [6.07, 6.45) is 0.963. The van der Waals surface area contributed by atoms with E-state index in [-0.39, 0.29) is 74.8 Å². The molecule has 7 N–H and O–H groups in total. The largest absolute Gasteiger partial charge is 0.505 e. The molecule has 0 unspecified atom stereocenters. The van der Waals surface area contributed by atoms with Gasteiger partial charge in [-0.3, -0.25) is 13.7 Å². The third-order valence-corrected chi connectivity index (χ3v) is 10.9. The van der Waals surface area contributed by atoms with Crippen molar-refractivity contribution in [2.75, 3.05) is 29.1 Å². The zero-order valence-electron chi connectivity index (χ0n) is 29.2. The van der Waals surface area contributed by atoms with Crippen LogP contribution in [0.2, 0.25) is 0 Å². The van der Waals surface area contributed by atoms with Gasteiger partial charge in [-0.25, -0.2) is 4.79 Å². The van der Waals surface area contributed by atoms with Crippen LogP contribution < -0.4 is 16.0 Å². The number of nitrogens with one attached hydrogen (secondary N) is 3. The number of hydrogen-bond acceptors (Lipinski definition) is 18. The van der Waals surface area contributed by atoms with Gasteiger partial charge in [0.2, 0.25) is 17.8 Å². The molecule has 1 heterocycles. The Kier molecular flexibility index (Phi) is 11.6. The lowest BCUT2D eigenvalue weighted by molar-refractivity contribution is -0.137. The molecule has 20 nitrogen and oxygen atoms in total. The first-order valence-corrected chi connectivity index (χ1v) is 20.9. The molecule has 0 atom stereocenters. The molecule has 0 fully saturated rings.